The van der Waals surface area contributed by atoms with E-state index in [1.54, 1.807) is 18.2 Å². The molecular formula is C15H13BrCl2N2O3S. The van der Waals surface area contributed by atoms with Gasteiger partial charge in [-0.1, -0.05) is 45.2 Å². The fourth-order valence-corrected chi connectivity index (χ4v) is 3.65. The predicted molar refractivity (Wildman–Crippen MR) is 101 cm³/mol. The molecule has 9 heteroatoms. The van der Waals surface area contributed by atoms with E-state index in [1.165, 1.54) is 18.2 Å². The molecule has 0 radical (unpaired) electrons. The van der Waals surface area contributed by atoms with Gasteiger partial charge >= 0.3 is 0 Å². The third-order valence-electron chi connectivity index (χ3n) is 2.97. The first kappa shape index (κ1) is 19.1. The van der Waals surface area contributed by atoms with Gasteiger partial charge in [-0.05, 0) is 36.4 Å². The van der Waals surface area contributed by atoms with Crippen molar-refractivity contribution >= 4 is 66.4 Å². The number of benzene rings is 2. The van der Waals surface area contributed by atoms with Crippen molar-refractivity contribution in [3.05, 3.63) is 57.0 Å². The molecule has 2 aromatic rings. The number of sulfonamides is 1. The molecule has 0 aromatic heterocycles. The number of halogens is 3. The van der Waals surface area contributed by atoms with Crippen molar-refractivity contribution in [3.63, 3.8) is 0 Å². The van der Waals surface area contributed by atoms with Crippen LogP contribution >= 0.6 is 39.1 Å². The molecule has 0 spiro atoms. The van der Waals surface area contributed by atoms with Crippen LogP contribution in [0.1, 0.15) is 0 Å². The highest BCUT2D eigenvalue weighted by molar-refractivity contribution is 9.10. The lowest BCUT2D eigenvalue weighted by Crippen LogP contribution is -2.37. The lowest BCUT2D eigenvalue weighted by atomic mass is 10.3. The molecule has 1 amide bonds. The molecule has 0 saturated carbocycles. The molecule has 0 aliphatic rings. The van der Waals surface area contributed by atoms with Crippen LogP contribution in [-0.2, 0) is 14.8 Å². The van der Waals surface area contributed by atoms with E-state index in [0.717, 1.165) is 15.0 Å². The molecule has 0 bridgehead atoms. The van der Waals surface area contributed by atoms with Gasteiger partial charge in [-0.25, -0.2) is 8.42 Å². The Morgan fingerprint density at radius 2 is 1.92 bits per heavy atom. The van der Waals surface area contributed by atoms with Gasteiger partial charge < -0.3 is 5.32 Å². The Morgan fingerprint density at radius 3 is 2.54 bits per heavy atom. The summed E-state index contributed by atoms with van der Waals surface area (Å²) in [5.74, 6) is -0.505. The summed E-state index contributed by atoms with van der Waals surface area (Å²) in [5.41, 5.74) is 0.691. The van der Waals surface area contributed by atoms with Gasteiger partial charge in [0.1, 0.15) is 6.54 Å². The summed E-state index contributed by atoms with van der Waals surface area (Å²) in [7, 11) is -3.73. The molecule has 0 saturated heterocycles. The van der Waals surface area contributed by atoms with Crippen LogP contribution in [0, 0.1) is 0 Å². The number of nitrogens with zero attached hydrogens (tertiary/aromatic N) is 1. The maximum absolute atomic E-state index is 12.2. The van der Waals surface area contributed by atoms with E-state index in [9.17, 15) is 13.2 Å². The van der Waals surface area contributed by atoms with Crippen LogP contribution < -0.4 is 9.62 Å². The SMILES string of the molecule is CS(=O)(=O)N(CC(=O)Nc1cccc(Br)c1)c1cc(Cl)ccc1Cl. The van der Waals surface area contributed by atoms with Crippen LogP contribution in [0.15, 0.2) is 46.9 Å². The number of carbonyl (C=O) groups is 1. The first-order chi connectivity index (χ1) is 11.2. The van der Waals surface area contributed by atoms with Crippen molar-refractivity contribution in [3.8, 4) is 0 Å². The molecular weight excluding hydrogens is 439 g/mol. The standard InChI is InChI=1S/C15H13BrCl2N2O3S/c1-24(22,23)20(14-8-11(17)5-6-13(14)18)9-15(21)19-12-4-2-3-10(16)7-12/h2-8H,9H2,1H3,(H,19,21). The second-order valence-corrected chi connectivity index (χ2v) is 8.59. The Labute approximate surface area is 158 Å². The van der Waals surface area contributed by atoms with Crippen molar-refractivity contribution in [1.29, 1.82) is 0 Å². The van der Waals surface area contributed by atoms with Crippen LogP contribution in [0.3, 0.4) is 0 Å². The van der Waals surface area contributed by atoms with Crippen molar-refractivity contribution in [2.75, 3.05) is 22.4 Å². The summed E-state index contributed by atoms with van der Waals surface area (Å²) in [4.78, 5) is 12.2. The summed E-state index contributed by atoms with van der Waals surface area (Å²) in [6, 6.07) is 11.4. The quantitative estimate of drug-likeness (QED) is 0.741. The molecule has 2 rings (SSSR count). The number of anilines is 2. The number of amides is 1. The molecule has 5 nitrogen and oxygen atoms in total. The third-order valence-corrected chi connectivity index (χ3v) is 5.15. The second kappa shape index (κ2) is 7.74. The van der Waals surface area contributed by atoms with Gasteiger partial charge in [-0.15, -0.1) is 0 Å². The van der Waals surface area contributed by atoms with Gasteiger partial charge in [0.15, 0.2) is 0 Å². The van der Waals surface area contributed by atoms with Crippen LogP contribution in [-0.4, -0.2) is 27.1 Å². The zero-order valence-corrected chi connectivity index (χ0v) is 16.4. The van der Waals surface area contributed by atoms with Gasteiger partial charge in [-0.3, -0.25) is 9.10 Å². The van der Waals surface area contributed by atoms with Crippen LogP contribution in [0.4, 0.5) is 11.4 Å². The van der Waals surface area contributed by atoms with E-state index in [0.29, 0.717) is 10.7 Å². The molecule has 24 heavy (non-hydrogen) atoms. The average molecular weight is 452 g/mol. The normalized spacial score (nSPS) is 11.2. The average Bonchev–Trinajstić information content (AvgIpc) is 2.46. The monoisotopic (exact) mass is 450 g/mol. The maximum Gasteiger partial charge on any atom is 0.245 e. The van der Waals surface area contributed by atoms with E-state index in [1.807, 2.05) is 6.07 Å². The maximum atomic E-state index is 12.2. The molecule has 1 N–H and O–H groups in total. The fourth-order valence-electron chi connectivity index (χ4n) is 1.96. The van der Waals surface area contributed by atoms with Crippen molar-refractivity contribution < 1.29 is 13.2 Å². The topological polar surface area (TPSA) is 66.5 Å². The number of hydrogen-bond acceptors (Lipinski definition) is 3. The van der Waals surface area contributed by atoms with Crippen LogP contribution in [0.2, 0.25) is 10.0 Å². The molecule has 128 valence electrons. The van der Waals surface area contributed by atoms with Crippen molar-refractivity contribution in [2.24, 2.45) is 0 Å². The Balaban J connectivity index is 2.27. The highest BCUT2D eigenvalue weighted by Gasteiger charge is 2.23. The zero-order valence-electron chi connectivity index (χ0n) is 12.5. The molecule has 2 aromatic carbocycles. The van der Waals surface area contributed by atoms with E-state index in [4.69, 9.17) is 23.2 Å². The molecule has 0 unspecified atom stereocenters. The van der Waals surface area contributed by atoms with E-state index in [2.05, 4.69) is 21.2 Å². The Bertz CT molecular complexity index is 875. The highest BCUT2D eigenvalue weighted by Crippen LogP contribution is 2.30. The van der Waals surface area contributed by atoms with Gasteiger partial charge in [0, 0.05) is 15.2 Å². The predicted octanol–water partition coefficient (Wildman–Crippen LogP) is 4.16. The lowest BCUT2D eigenvalue weighted by molar-refractivity contribution is -0.114. The number of carbonyl (C=O) groups excluding carboxylic acids is 1. The summed E-state index contributed by atoms with van der Waals surface area (Å²) in [5, 5.41) is 3.13. The first-order valence-corrected chi connectivity index (χ1v) is 10.0. The minimum absolute atomic E-state index is 0.149. The Kier molecular flexibility index (Phi) is 6.14. The second-order valence-electron chi connectivity index (χ2n) is 4.92. The fraction of sp³-hybridized carbons (Fsp3) is 0.133. The van der Waals surface area contributed by atoms with Crippen molar-refractivity contribution in [2.45, 2.75) is 0 Å². The largest absolute Gasteiger partial charge is 0.324 e. The zero-order chi connectivity index (χ0) is 17.9. The number of nitrogens with one attached hydrogen (secondary N) is 1. The summed E-state index contributed by atoms with van der Waals surface area (Å²) in [6.45, 7) is -0.425. The van der Waals surface area contributed by atoms with Gasteiger partial charge in [0.05, 0.1) is 17.0 Å². The number of hydrogen-bond donors (Lipinski definition) is 1. The van der Waals surface area contributed by atoms with Crippen LogP contribution in [0.5, 0.6) is 0 Å². The van der Waals surface area contributed by atoms with Crippen molar-refractivity contribution in [1.82, 2.24) is 0 Å². The van der Waals surface area contributed by atoms with E-state index in [-0.39, 0.29) is 10.7 Å². The first-order valence-electron chi connectivity index (χ1n) is 6.65. The molecule has 0 atom stereocenters. The molecule has 0 aliphatic heterocycles. The lowest BCUT2D eigenvalue weighted by Gasteiger charge is -2.23. The van der Waals surface area contributed by atoms with Gasteiger partial charge in [0.25, 0.3) is 0 Å². The smallest absolute Gasteiger partial charge is 0.245 e. The third kappa shape index (κ3) is 5.11. The number of rotatable bonds is 5. The Hall–Kier alpha value is -1.28. The van der Waals surface area contributed by atoms with Crippen LogP contribution in [0.25, 0.3) is 0 Å². The molecule has 0 heterocycles. The Morgan fingerprint density at radius 1 is 1.21 bits per heavy atom. The highest BCUT2D eigenvalue weighted by atomic mass is 79.9. The summed E-state index contributed by atoms with van der Waals surface area (Å²) >= 11 is 15.3. The molecule has 0 aliphatic carbocycles. The minimum atomic E-state index is -3.73. The summed E-state index contributed by atoms with van der Waals surface area (Å²) < 4.78 is 25.8. The van der Waals surface area contributed by atoms with E-state index >= 15 is 0 Å². The van der Waals surface area contributed by atoms with Gasteiger partial charge in [0.2, 0.25) is 15.9 Å². The minimum Gasteiger partial charge on any atom is -0.324 e. The van der Waals surface area contributed by atoms with Gasteiger partial charge in [-0.2, -0.15) is 0 Å². The van der Waals surface area contributed by atoms with E-state index < -0.39 is 22.5 Å². The summed E-state index contributed by atoms with van der Waals surface area (Å²) in [6.07, 6.45) is 0.997. The molecule has 0 fully saturated rings.